The van der Waals surface area contributed by atoms with E-state index in [2.05, 4.69) is 25.6 Å². The fourth-order valence-electron chi connectivity index (χ4n) is 3.60. The third-order valence-electron chi connectivity index (χ3n) is 5.41. The summed E-state index contributed by atoms with van der Waals surface area (Å²) >= 11 is 0. The van der Waals surface area contributed by atoms with Gasteiger partial charge in [-0.05, 0) is 32.3 Å². The molecule has 0 unspecified atom stereocenters. The number of pyridine rings is 1. The molecule has 1 saturated carbocycles. The van der Waals surface area contributed by atoms with E-state index in [1.807, 2.05) is 13.0 Å². The van der Waals surface area contributed by atoms with E-state index in [0.29, 0.717) is 42.0 Å². The van der Waals surface area contributed by atoms with Crippen molar-refractivity contribution in [3.63, 3.8) is 0 Å². The van der Waals surface area contributed by atoms with E-state index in [1.165, 1.54) is 23.5 Å². The summed E-state index contributed by atoms with van der Waals surface area (Å²) < 4.78 is 0. The minimum Gasteiger partial charge on any atom is -0.390 e. The topological polar surface area (TPSA) is 144 Å². The van der Waals surface area contributed by atoms with Gasteiger partial charge in [-0.2, -0.15) is 5.26 Å². The molecule has 1 atom stereocenters. The van der Waals surface area contributed by atoms with E-state index in [9.17, 15) is 20.0 Å². The molecule has 168 valence electrons. The van der Waals surface area contributed by atoms with Crippen LogP contribution < -0.4 is 10.6 Å². The van der Waals surface area contributed by atoms with Crippen LogP contribution in [0.3, 0.4) is 0 Å². The Kier molecular flexibility index (Phi) is 6.69. The Morgan fingerprint density at radius 2 is 2.00 bits per heavy atom. The SMILES string of the molecule is CC[C@H](Nc1cc(-c2cnc(NC(=O)C3CC(C)(O)C3)cn2)cnc1C#N)C(=O)N(C)C. The van der Waals surface area contributed by atoms with Crippen LogP contribution in [0.2, 0.25) is 0 Å². The number of carbonyl (C=O) groups is 2. The molecule has 2 heterocycles. The third kappa shape index (κ3) is 5.18. The van der Waals surface area contributed by atoms with Gasteiger partial charge in [-0.1, -0.05) is 6.92 Å². The maximum absolute atomic E-state index is 12.4. The molecule has 1 fully saturated rings. The molecule has 3 rings (SSSR count). The summed E-state index contributed by atoms with van der Waals surface area (Å²) in [6.45, 7) is 3.59. The van der Waals surface area contributed by atoms with Crippen LogP contribution in [0.1, 0.15) is 38.8 Å². The molecule has 0 aromatic carbocycles. The first-order valence-corrected chi connectivity index (χ1v) is 10.4. The van der Waals surface area contributed by atoms with Crippen LogP contribution in [0.4, 0.5) is 11.5 Å². The summed E-state index contributed by atoms with van der Waals surface area (Å²) in [5, 5.41) is 25.0. The first-order chi connectivity index (χ1) is 15.1. The molecule has 10 nitrogen and oxygen atoms in total. The quantitative estimate of drug-likeness (QED) is 0.595. The molecular weight excluding hydrogens is 410 g/mol. The van der Waals surface area contributed by atoms with E-state index in [0.717, 1.165) is 0 Å². The van der Waals surface area contributed by atoms with Gasteiger partial charge < -0.3 is 20.6 Å². The van der Waals surface area contributed by atoms with Crippen LogP contribution in [0.5, 0.6) is 0 Å². The van der Waals surface area contributed by atoms with E-state index in [1.54, 1.807) is 27.1 Å². The van der Waals surface area contributed by atoms with Gasteiger partial charge in [-0.25, -0.2) is 9.97 Å². The largest absolute Gasteiger partial charge is 0.390 e. The van der Waals surface area contributed by atoms with E-state index in [4.69, 9.17) is 0 Å². The Morgan fingerprint density at radius 1 is 1.28 bits per heavy atom. The normalized spacial score (nSPS) is 20.4. The van der Waals surface area contributed by atoms with Gasteiger partial charge in [-0.3, -0.25) is 14.6 Å². The number of nitrogens with one attached hydrogen (secondary N) is 2. The smallest absolute Gasteiger partial charge is 0.244 e. The molecule has 0 saturated heterocycles. The van der Waals surface area contributed by atoms with Crippen molar-refractivity contribution in [2.24, 2.45) is 5.92 Å². The van der Waals surface area contributed by atoms with E-state index >= 15 is 0 Å². The van der Waals surface area contributed by atoms with Crippen molar-refractivity contribution < 1.29 is 14.7 Å². The molecule has 2 aromatic heterocycles. The Morgan fingerprint density at radius 3 is 2.53 bits per heavy atom. The lowest BCUT2D eigenvalue weighted by Crippen LogP contribution is -2.46. The zero-order valence-corrected chi connectivity index (χ0v) is 18.6. The number of aromatic nitrogens is 3. The highest BCUT2D eigenvalue weighted by molar-refractivity contribution is 5.92. The molecule has 1 aliphatic rings. The molecule has 1 aliphatic carbocycles. The van der Waals surface area contributed by atoms with Crippen molar-refractivity contribution in [2.45, 2.75) is 44.8 Å². The molecule has 3 N–H and O–H groups in total. The van der Waals surface area contributed by atoms with Gasteiger partial charge in [0.05, 0.1) is 29.4 Å². The van der Waals surface area contributed by atoms with Crippen LogP contribution in [0.25, 0.3) is 11.3 Å². The van der Waals surface area contributed by atoms with Crippen molar-refractivity contribution in [1.82, 2.24) is 19.9 Å². The first kappa shape index (κ1) is 23.1. The second kappa shape index (κ2) is 9.28. The van der Waals surface area contributed by atoms with Crippen LogP contribution >= 0.6 is 0 Å². The van der Waals surface area contributed by atoms with Gasteiger partial charge in [0.25, 0.3) is 0 Å². The minimum absolute atomic E-state index is 0.102. The number of amides is 2. The van der Waals surface area contributed by atoms with E-state index < -0.39 is 11.6 Å². The molecule has 32 heavy (non-hydrogen) atoms. The molecule has 2 amide bonds. The minimum atomic E-state index is -0.778. The molecule has 0 aliphatic heterocycles. The number of hydrogen-bond donors (Lipinski definition) is 3. The summed E-state index contributed by atoms with van der Waals surface area (Å²) in [5.74, 6) is -0.219. The maximum atomic E-state index is 12.4. The number of anilines is 2. The summed E-state index contributed by atoms with van der Waals surface area (Å²) in [5.41, 5.74) is 0.940. The highest BCUT2D eigenvalue weighted by Crippen LogP contribution is 2.37. The Labute approximate surface area is 186 Å². The van der Waals surface area contributed by atoms with Gasteiger partial charge in [0, 0.05) is 31.8 Å². The number of rotatable bonds is 7. The molecule has 0 spiro atoms. The fraction of sp³-hybridized carbons (Fsp3) is 0.455. The van der Waals surface area contributed by atoms with Crippen LogP contribution in [-0.4, -0.2) is 62.5 Å². The summed E-state index contributed by atoms with van der Waals surface area (Å²) in [7, 11) is 3.35. The Hall–Kier alpha value is -3.58. The molecule has 0 bridgehead atoms. The van der Waals surface area contributed by atoms with Crippen LogP contribution in [-0.2, 0) is 9.59 Å². The third-order valence-corrected chi connectivity index (χ3v) is 5.41. The van der Waals surface area contributed by atoms with Gasteiger partial charge in [0.15, 0.2) is 11.5 Å². The van der Waals surface area contributed by atoms with E-state index in [-0.39, 0.29) is 23.4 Å². The fourth-order valence-corrected chi connectivity index (χ4v) is 3.60. The summed E-state index contributed by atoms with van der Waals surface area (Å²) in [6.07, 6.45) is 5.84. The Bertz CT molecular complexity index is 1040. The molecule has 0 radical (unpaired) electrons. The van der Waals surface area contributed by atoms with Crippen molar-refractivity contribution in [3.05, 3.63) is 30.4 Å². The Balaban J connectivity index is 1.75. The van der Waals surface area contributed by atoms with Crippen molar-refractivity contribution in [2.75, 3.05) is 24.7 Å². The standard InChI is InChI=1S/C22H27N7O3/c1-5-15(21(31)29(3)4)27-16-6-13(10-24-17(16)9-23)18-11-26-19(12-25-18)28-20(30)14-7-22(2,32)8-14/h6,10-12,14-15,27,32H,5,7-8H2,1-4H3,(H,26,28,30)/t14?,15-,22?/m0/s1. The average molecular weight is 438 g/mol. The van der Waals surface area contributed by atoms with Crippen molar-refractivity contribution in [3.8, 4) is 17.3 Å². The maximum Gasteiger partial charge on any atom is 0.244 e. The summed E-state index contributed by atoms with van der Waals surface area (Å²) in [4.78, 5) is 38.8. The number of likely N-dealkylation sites (N-methyl/N-ethyl adjacent to an activating group) is 1. The van der Waals surface area contributed by atoms with Gasteiger partial charge in [0.2, 0.25) is 11.8 Å². The number of nitriles is 1. The number of nitrogens with zero attached hydrogens (tertiary/aromatic N) is 5. The molecule has 2 aromatic rings. The van der Waals surface area contributed by atoms with Gasteiger partial charge in [0.1, 0.15) is 12.1 Å². The number of aliphatic hydroxyl groups is 1. The lowest BCUT2D eigenvalue weighted by atomic mass is 9.72. The zero-order chi connectivity index (χ0) is 23.5. The second-order valence-electron chi connectivity index (χ2n) is 8.45. The predicted molar refractivity (Wildman–Crippen MR) is 118 cm³/mol. The highest BCUT2D eigenvalue weighted by atomic mass is 16.3. The average Bonchev–Trinajstić information content (AvgIpc) is 2.75. The lowest BCUT2D eigenvalue weighted by molar-refractivity contribution is -0.133. The highest BCUT2D eigenvalue weighted by Gasteiger charge is 2.42. The molecular formula is C22H27N7O3. The number of carbonyl (C=O) groups excluding carboxylic acids is 2. The first-order valence-electron chi connectivity index (χ1n) is 10.4. The van der Waals surface area contributed by atoms with Crippen molar-refractivity contribution in [1.29, 1.82) is 5.26 Å². The van der Waals surface area contributed by atoms with Gasteiger partial charge in [-0.15, -0.1) is 0 Å². The van der Waals surface area contributed by atoms with Crippen LogP contribution in [0.15, 0.2) is 24.7 Å². The summed E-state index contributed by atoms with van der Waals surface area (Å²) in [6, 6.07) is 3.24. The van der Waals surface area contributed by atoms with Crippen molar-refractivity contribution >= 4 is 23.3 Å². The lowest BCUT2D eigenvalue weighted by Gasteiger charge is -2.39. The zero-order valence-electron chi connectivity index (χ0n) is 18.6. The van der Waals surface area contributed by atoms with Crippen LogP contribution in [0, 0.1) is 17.2 Å². The predicted octanol–water partition coefficient (Wildman–Crippen LogP) is 1.79. The second-order valence-corrected chi connectivity index (χ2v) is 8.45. The monoisotopic (exact) mass is 437 g/mol. The number of hydrogen-bond acceptors (Lipinski definition) is 8. The van der Waals surface area contributed by atoms with Gasteiger partial charge >= 0.3 is 0 Å². The molecule has 10 heteroatoms.